The number of benzene rings is 2. The summed E-state index contributed by atoms with van der Waals surface area (Å²) < 4.78 is 11.1. The maximum Gasteiger partial charge on any atom is 0.351 e. The Morgan fingerprint density at radius 3 is 2.31 bits per heavy atom. The largest absolute Gasteiger partial charge is 0.433 e. The SMILES string of the molecule is CC(=O)OC12NC1(C#N)C(c1ccccc1)C1=C(O2)C(=O)c2ccccc2C1=O. The molecule has 0 spiro atoms. The molecule has 0 amide bonds. The monoisotopic (exact) mass is 386 g/mol. The van der Waals surface area contributed by atoms with Crippen molar-refractivity contribution in [3.8, 4) is 6.07 Å². The smallest absolute Gasteiger partial charge is 0.351 e. The molecule has 5 rings (SSSR count). The van der Waals surface area contributed by atoms with E-state index < -0.39 is 29.1 Å². The van der Waals surface area contributed by atoms with Gasteiger partial charge in [-0.05, 0) is 5.56 Å². The number of Topliss-reactive ketones (excluding diaryl/α,β-unsaturated/α-hetero) is 2. The number of hydrogen-bond donors (Lipinski definition) is 1. The van der Waals surface area contributed by atoms with E-state index in [4.69, 9.17) is 9.47 Å². The van der Waals surface area contributed by atoms with Gasteiger partial charge >= 0.3 is 11.9 Å². The summed E-state index contributed by atoms with van der Waals surface area (Å²) in [6, 6.07) is 17.5. The summed E-state index contributed by atoms with van der Waals surface area (Å²) in [5, 5.41) is 12.9. The zero-order valence-corrected chi connectivity index (χ0v) is 15.3. The van der Waals surface area contributed by atoms with Crippen molar-refractivity contribution in [1.29, 1.82) is 5.26 Å². The van der Waals surface area contributed by atoms with Crippen LogP contribution in [0.3, 0.4) is 0 Å². The highest BCUT2D eigenvalue weighted by Gasteiger charge is 2.82. The molecule has 1 aliphatic carbocycles. The number of carbonyl (C=O) groups is 3. The van der Waals surface area contributed by atoms with Crippen LogP contribution in [-0.2, 0) is 14.3 Å². The molecular weight excluding hydrogens is 372 g/mol. The van der Waals surface area contributed by atoms with E-state index in [0.717, 1.165) is 0 Å². The Bertz CT molecular complexity index is 1180. The van der Waals surface area contributed by atoms with Crippen LogP contribution < -0.4 is 5.32 Å². The number of hydrogen-bond acceptors (Lipinski definition) is 7. The average molecular weight is 386 g/mol. The molecule has 1 saturated heterocycles. The van der Waals surface area contributed by atoms with Crippen LogP contribution in [0, 0.1) is 11.3 Å². The summed E-state index contributed by atoms with van der Waals surface area (Å²) >= 11 is 0. The Hall–Kier alpha value is -3.76. The molecule has 1 N–H and O–H groups in total. The fourth-order valence-corrected chi connectivity index (χ4v) is 4.25. The molecule has 29 heavy (non-hydrogen) atoms. The quantitative estimate of drug-likeness (QED) is 0.621. The summed E-state index contributed by atoms with van der Waals surface area (Å²) in [5.74, 6) is -4.43. The minimum atomic E-state index is -1.82. The second-order valence-electron chi connectivity index (χ2n) is 7.15. The van der Waals surface area contributed by atoms with Gasteiger partial charge < -0.3 is 9.47 Å². The van der Waals surface area contributed by atoms with Gasteiger partial charge in [-0.25, -0.2) is 5.32 Å². The van der Waals surface area contributed by atoms with E-state index in [2.05, 4.69) is 11.4 Å². The highest BCUT2D eigenvalue weighted by atomic mass is 16.8. The molecule has 2 aromatic rings. The summed E-state index contributed by atoms with van der Waals surface area (Å²) in [4.78, 5) is 38.3. The molecule has 1 fully saturated rings. The van der Waals surface area contributed by atoms with Crippen LogP contribution in [0.2, 0.25) is 0 Å². The Kier molecular flexibility index (Phi) is 3.37. The summed E-state index contributed by atoms with van der Waals surface area (Å²) in [7, 11) is 0. The Morgan fingerprint density at radius 2 is 1.69 bits per heavy atom. The molecule has 3 aliphatic rings. The number of rotatable bonds is 2. The van der Waals surface area contributed by atoms with Gasteiger partial charge in [0, 0.05) is 18.1 Å². The van der Waals surface area contributed by atoms with E-state index >= 15 is 0 Å². The lowest BCUT2D eigenvalue weighted by Gasteiger charge is -2.35. The lowest BCUT2D eigenvalue weighted by atomic mass is 9.72. The Morgan fingerprint density at radius 1 is 1.07 bits per heavy atom. The third-order valence-electron chi connectivity index (χ3n) is 5.49. The molecule has 7 nitrogen and oxygen atoms in total. The van der Waals surface area contributed by atoms with Crippen LogP contribution in [0.15, 0.2) is 65.9 Å². The predicted molar refractivity (Wildman–Crippen MR) is 98.4 cm³/mol. The van der Waals surface area contributed by atoms with Crippen molar-refractivity contribution < 1.29 is 23.9 Å². The number of allylic oxidation sites excluding steroid dienone is 1. The van der Waals surface area contributed by atoms with E-state index in [1.807, 2.05) is 0 Å². The fourth-order valence-electron chi connectivity index (χ4n) is 4.25. The molecule has 0 radical (unpaired) electrons. The van der Waals surface area contributed by atoms with Crippen LogP contribution in [0.1, 0.15) is 39.1 Å². The van der Waals surface area contributed by atoms with Gasteiger partial charge in [-0.2, -0.15) is 5.26 Å². The Labute approximate surface area is 165 Å². The average Bonchev–Trinajstić information content (AvgIpc) is 3.38. The lowest BCUT2D eigenvalue weighted by molar-refractivity contribution is -0.185. The van der Waals surface area contributed by atoms with E-state index in [1.165, 1.54) is 6.92 Å². The maximum atomic E-state index is 13.4. The van der Waals surface area contributed by atoms with Gasteiger partial charge in [-0.1, -0.05) is 54.6 Å². The Balaban J connectivity index is 1.78. The van der Waals surface area contributed by atoms with Crippen molar-refractivity contribution in [2.45, 2.75) is 24.3 Å². The second-order valence-corrected chi connectivity index (χ2v) is 7.15. The van der Waals surface area contributed by atoms with Crippen LogP contribution in [0.25, 0.3) is 0 Å². The zero-order chi connectivity index (χ0) is 20.4. The molecule has 142 valence electrons. The molecule has 2 aromatic carbocycles. The van der Waals surface area contributed by atoms with Crippen molar-refractivity contribution in [3.63, 3.8) is 0 Å². The first-order valence-corrected chi connectivity index (χ1v) is 9.01. The summed E-state index contributed by atoms with van der Waals surface area (Å²) in [6.45, 7) is 1.19. The number of esters is 1. The van der Waals surface area contributed by atoms with Gasteiger partial charge in [0.1, 0.15) is 0 Å². The fraction of sp³-hybridized carbons (Fsp3) is 0.182. The standard InChI is InChI=1S/C22H14N2O5/c1-12(25)28-22-21(11-23,24-22)17(13-7-3-2-4-8-13)16-18(26)14-9-5-6-10-15(14)19(27)20(16)29-22/h2-10,17,24H,1H3. The first-order chi connectivity index (χ1) is 13.9. The molecule has 3 atom stereocenters. The first kappa shape index (κ1) is 17.3. The van der Waals surface area contributed by atoms with E-state index in [1.54, 1.807) is 54.6 Å². The van der Waals surface area contributed by atoms with Crippen LogP contribution in [-0.4, -0.2) is 29.0 Å². The summed E-state index contributed by atoms with van der Waals surface area (Å²) in [5.41, 5.74) is -0.331. The highest BCUT2D eigenvalue weighted by Crippen LogP contribution is 2.59. The van der Waals surface area contributed by atoms with Gasteiger partial charge in [0.25, 0.3) is 0 Å². The number of ketones is 2. The maximum absolute atomic E-state index is 13.4. The van der Waals surface area contributed by atoms with Gasteiger partial charge in [-0.15, -0.1) is 0 Å². The molecule has 7 heteroatoms. The molecule has 2 aliphatic heterocycles. The number of carbonyl (C=O) groups excluding carboxylic acids is 3. The van der Waals surface area contributed by atoms with Crippen molar-refractivity contribution in [2.24, 2.45) is 0 Å². The lowest BCUT2D eigenvalue weighted by Crippen LogP contribution is -2.45. The van der Waals surface area contributed by atoms with Crippen LogP contribution in [0.4, 0.5) is 0 Å². The molecule has 0 aromatic heterocycles. The molecule has 2 heterocycles. The number of ether oxygens (including phenoxy) is 2. The third-order valence-corrected chi connectivity index (χ3v) is 5.49. The predicted octanol–water partition coefficient (Wildman–Crippen LogP) is 2.22. The van der Waals surface area contributed by atoms with Crippen molar-refractivity contribution in [3.05, 3.63) is 82.6 Å². The van der Waals surface area contributed by atoms with E-state index in [0.29, 0.717) is 5.56 Å². The first-order valence-electron chi connectivity index (χ1n) is 9.01. The van der Waals surface area contributed by atoms with E-state index in [9.17, 15) is 19.6 Å². The van der Waals surface area contributed by atoms with Gasteiger partial charge in [0.05, 0.1) is 17.6 Å². The summed E-state index contributed by atoms with van der Waals surface area (Å²) in [6.07, 6.45) is 0. The van der Waals surface area contributed by atoms with Crippen LogP contribution >= 0.6 is 0 Å². The topological polar surface area (TPSA) is 115 Å². The van der Waals surface area contributed by atoms with Gasteiger partial charge in [0.2, 0.25) is 11.3 Å². The minimum Gasteiger partial charge on any atom is -0.433 e. The van der Waals surface area contributed by atoms with Crippen molar-refractivity contribution in [1.82, 2.24) is 5.32 Å². The highest BCUT2D eigenvalue weighted by molar-refractivity contribution is 6.27. The molecule has 0 saturated carbocycles. The third kappa shape index (κ3) is 2.12. The van der Waals surface area contributed by atoms with Crippen molar-refractivity contribution >= 4 is 17.5 Å². The number of fused-ring (bicyclic) bond motifs is 2. The molecule has 3 unspecified atom stereocenters. The van der Waals surface area contributed by atoms with Gasteiger partial charge in [-0.3, -0.25) is 14.4 Å². The van der Waals surface area contributed by atoms with Crippen molar-refractivity contribution in [2.75, 3.05) is 0 Å². The number of nitriles is 1. The van der Waals surface area contributed by atoms with Crippen LogP contribution in [0.5, 0.6) is 0 Å². The number of nitrogens with one attached hydrogen (secondary N) is 1. The van der Waals surface area contributed by atoms with E-state index in [-0.39, 0.29) is 28.2 Å². The molecular formula is C22H14N2O5. The normalized spacial score (nSPS) is 29.0. The minimum absolute atomic E-state index is 0.0919. The van der Waals surface area contributed by atoms with Gasteiger partial charge in [0.15, 0.2) is 11.5 Å². The zero-order valence-electron chi connectivity index (χ0n) is 15.3. The second kappa shape index (κ2) is 5.63. The number of nitrogens with zero attached hydrogens (tertiary/aromatic N) is 1. The molecule has 0 bridgehead atoms.